The van der Waals surface area contributed by atoms with Gasteiger partial charge in [-0.15, -0.1) is 0 Å². The predicted molar refractivity (Wildman–Crippen MR) is 193 cm³/mol. The Morgan fingerprint density at radius 2 is 1.71 bits per heavy atom. The molecule has 9 heteroatoms. The normalized spacial score (nSPS) is 29.0. The van der Waals surface area contributed by atoms with Crippen LogP contribution >= 0.6 is 21.6 Å². The highest BCUT2D eigenvalue weighted by molar-refractivity contribution is 8.76. The smallest absolute Gasteiger partial charge is 0.323 e. The Labute approximate surface area is 292 Å². The summed E-state index contributed by atoms with van der Waals surface area (Å²) in [6.07, 6.45) is 17.1. The zero-order valence-corrected chi connectivity index (χ0v) is 29.8. The monoisotopic (exact) mass is 688 g/mol. The Morgan fingerprint density at radius 3 is 2.46 bits per heavy atom. The lowest BCUT2D eigenvalue weighted by atomic mass is 9.47. The molecule has 0 spiro atoms. The number of allylic oxidation sites excluding steroid dienone is 3. The molecule has 48 heavy (non-hydrogen) atoms. The van der Waals surface area contributed by atoms with Crippen molar-refractivity contribution in [2.24, 2.45) is 28.6 Å². The van der Waals surface area contributed by atoms with Crippen molar-refractivity contribution in [1.82, 2.24) is 9.88 Å². The van der Waals surface area contributed by atoms with Gasteiger partial charge >= 0.3 is 11.9 Å². The minimum Gasteiger partial charge on any atom is -0.480 e. The summed E-state index contributed by atoms with van der Waals surface area (Å²) < 4.78 is 6.01. The molecule has 1 amide bonds. The molecule has 1 unspecified atom stereocenters. The molecule has 2 fully saturated rings. The van der Waals surface area contributed by atoms with Crippen LogP contribution in [-0.4, -0.2) is 57.0 Å². The zero-order valence-electron chi connectivity index (χ0n) is 28.1. The molecule has 0 bridgehead atoms. The van der Waals surface area contributed by atoms with Crippen molar-refractivity contribution in [3.8, 4) is 0 Å². The number of hydrogen-bond acceptors (Lipinski definition) is 7. The van der Waals surface area contributed by atoms with Gasteiger partial charge in [-0.2, -0.15) is 0 Å². The quantitative estimate of drug-likeness (QED) is 0.0974. The highest BCUT2D eigenvalue weighted by atomic mass is 33.1. The zero-order chi connectivity index (χ0) is 33.7. The van der Waals surface area contributed by atoms with Crippen molar-refractivity contribution >= 4 is 45.0 Å². The molecule has 4 aliphatic carbocycles. The van der Waals surface area contributed by atoms with Crippen molar-refractivity contribution in [3.63, 3.8) is 0 Å². The van der Waals surface area contributed by atoms with Crippen LogP contribution in [0.4, 0.5) is 0 Å². The summed E-state index contributed by atoms with van der Waals surface area (Å²) in [5.74, 6) is 1.87. The van der Waals surface area contributed by atoms with Crippen LogP contribution in [0.3, 0.4) is 0 Å². The molecule has 1 aromatic heterocycles. The Kier molecular flexibility index (Phi) is 11.1. The Hall–Kier alpha value is -3.04. The van der Waals surface area contributed by atoms with Crippen LogP contribution < -0.4 is 0 Å². The van der Waals surface area contributed by atoms with Gasteiger partial charge in [-0.1, -0.05) is 89.6 Å². The molecule has 6 rings (SSSR count). The summed E-state index contributed by atoms with van der Waals surface area (Å²) >= 11 is 0. The number of aromatic nitrogens is 1. The molecule has 6 atom stereocenters. The average Bonchev–Trinajstić information content (AvgIpc) is 3.44. The molecule has 0 aliphatic heterocycles. The van der Waals surface area contributed by atoms with Crippen LogP contribution in [-0.2, 0) is 25.7 Å². The van der Waals surface area contributed by atoms with Crippen molar-refractivity contribution in [1.29, 1.82) is 0 Å². The van der Waals surface area contributed by atoms with Crippen LogP contribution in [0.25, 0.3) is 5.57 Å². The number of ether oxygens (including phenoxy) is 1. The number of carboxylic acid groups (broad SMARTS) is 1. The second kappa shape index (κ2) is 15.2. The van der Waals surface area contributed by atoms with Crippen LogP contribution in [0.1, 0.15) is 82.8 Å². The van der Waals surface area contributed by atoms with E-state index in [9.17, 15) is 19.5 Å². The van der Waals surface area contributed by atoms with Crippen LogP contribution in [0.2, 0.25) is 0 Å². The van der Waals surface area contributed by atoms with E-state index in [4.69, 9.17) is 4.74 Å². The molecule has 1 N–H and O–H groups in total. The lowest BCUT2D eigenvalue weighted by Gasteiger charge is -2.57. The molecule has 2 saturated carbocycles. The maximum Gasteiger partial charge on any atom is 0.323 e. The maximum atomic E-state index is 12.8. The van der Waals surface area contributed by atoms with E-state index in [1.807, 2.05) is 42.7 Å². The van der Waals surface area contributed by atoms with E-state index in [2.05, 4.69) is 43.1 Å². The molecule has 2 aromatic rings. The second-order valence-electron chi connectivity index (χ2n) is 14.4. The first kappa shape index (κ1) is 34.8. The molecular weight excluding hydrogens is 641 g/mol. The first-order chi connectivity index (χ1) is 23.2. The van der Waals surface area contributed by atoms with E-state index in [0.717, 1.165) is 37.7 Å². The van der Waals surface area contributed by atoms with Crippen molar-refractivity contribution < 1.29 is 24.2 Å². The number of carbonyl (C=O) groups excluding carboxylic acids is 2. The summed E-state index contributed by atoms with van der Waals surface area (Å²) in [5.41, 5.74) is 5.60. The summed E-state index contributed by atoms with van der Waals surface area (Å²) in [4.78, 5) is 42.6. The van der Waals surface area contributed by atoms with Gasteiger partial charge in [0.1, 0.15) is 12.6 Å². The van der Waals surface area contributed by atoms with Gasteiger partial charge in [0, 0.05) is 43.3 Å². The topological polar surface area (TPSA) is 96.8 Å². The lowest BCUT2D eigenvalue weighted by molar-refractivity contribution is -0.150. The number of pyridine rings is 1. The molecule has 4 aliphatic rings. The largest absolute Gasteiger partial charge is 0.480 e. The third-order valence-corrected chi connectivity index (χ3v) is 14.1. The van der Waals surface area contributed by atoms with Gasteiger partial charge in [0.2, 0.25) is 5.91 Å². The van der Waals surface area contributed by atoms with Crippen LogP contribution in [0.15, 0.2) is 72.6 Å². The average molecular weight is 689 g/mol. The van der Waals surface area contributed by atoms with Crippen molar-refractivity contribution in [2.45, 2.75) is 84.3 Å². The number of rotatable bonds is 13. The fourth-order valence-corrected chi connectivity index (χ4v) is 11.2. The molecule has 0 radical (unpaired) electrons. The van der Waals surface area contributed by atoms with Gasteiger partial charge in [-0.3, -0.25) is 19.4 Å². The number of nitrogens with zero attached hydrogens (tertiary/aromatic N) is 2. The van der Waals surface area contributed by atoms with E-state index in [1.165, 1.54) is 34.5 Å². The summed E-state index contributed by atoms with van der Waals surface area (Å²) in [7, 11) is 3.10. The summed E-state index contributed by atoms with van der Waals surface area (Å²) in [6.45, 7) is 4.94. The number of hydrogen-bond donors (Lipinski definition) is 1. The van der Waals surface area contributed by atoms with E-state index in [-0.39, 0.29) is 48.3 Å². The van der Waals surface area contributed by atoms with E-state index in [0.29, 0.717) is 35.7 Å². The Bertz CT molecular complexity index is 1530. The molecule has 256 valence electrons. The van der Waals surface area contributed by atoms with Gasteiger partial charge in [-0.25, -0.2) is 0 Å². The van der Waals surface area contributed by atoms with E-state index >= 15 is 0 Å². The number of esters is 1. The fourth-order valence-electron chi connectivity index (χ4n) is 9.24. The van der Waals surface area contributed by atoms with Gasteiger partial charge in [-0.05, 0) is 89.9 Å². The summed E-state index contributed by atoms with van der Waals surface area (Å²) in [5, 5.41) is 9.26. The van der Waals surface area contributed by atoms with Crippen LogP contribution in [0.5, 0.6) is 0 Å². The van der Waals surface area contributed by atoms with E-state index in [1.54, 1.807) is 21.6 Å². The van der Waals surface area contributed by atoms with Crippen molar-refractivity contribution in [2.75, 3.05) is 18.1 Å². The summed E-state index contributed by atoms with van der Waals surface area (Å²) in [6, 6.07) is 13.7. The molecular formula is C39H48N2O5S2. The number of aliphatic carboxylic acids is 1. The highest BCUT2D eigenvalue weighted by Crippen LogP contribution is 2.66. The van der Waals surface area contributed by atoms with Gasteiger partial charge < -0.3 is 14.7 Å². The number of benzene rings is 1. The Balaban J connectivity index is 0.930. The molecule has 7 nitrogen and oxygen atoms in total. The molecule has 0 saturated heterocycles. The van der Waals surface area contributed by atoms with Gasteiger partial charge in [0.25, 0.3) is 0 Å². The predicted octanol–water partition coefficient (Wildman–Crippen LogP) is 8.22. The van der Waals surface area contributed by atoms with Gasteiger partial charge in [0.15, 0.2) is 0 Å². The van der Waals surface area contributed by atoms with Crippen molar-refractivity contribution in [3.05, 3.63) is 83.7 Å². The third-order valence-electron chi connectivity index (χ3n) is 11.7. The standard InChI is InChI=1S/C39H48N2O5S2/c1-38-18-14-30(46-37(45)17-22-48-47-21-16-35(42)41(26-36(43)44)25-27-7-4-3-5-8-27)23-29(38)10-11-31-33-13-12-32(28-9-6-20-40-24-28)39(33,2)19-15-34(31)38/h3-10,12,20,24,30-31,33-34H,11,13-19,21-23,25-26H2,1-2H3,(H,43,44)/t30-,31?,33-,34-,38-,39+/m0/s1. The first-order valence-corrected chi connectivity index (χ1v) is 19.9. The van der Waals surface area contributed by atoms with Crippen LogP contribution in [0, 0.1) is 28.6 Å². The number of carboxylic acids is 1. The molecule has 1 heterocycles. The third kappa shape index (κ3) is 7.57. The Morgan fingerprint density at radius 1 is 0.938 bits per heavy atom. The number of carbonyl (C=O) groups is 3. The minimum atomic E-state index is -1.02. The first-order valence-electron chi connectivity index (χ1n) is 17.5. The maximum absolute atomic E-state index is 12.8. The highest BCUT2D eigenvalue weighted by Gasteiger charge is 2.57. The lowest BCUT2D eigenvalue weighted by Crippen LogP contribution is -2.50. The molecule has 1 aromatic carbocycles. The second-order valence-corrected chi connectivity index (χ2v) is 17.1. The number of amides is 1. The minimum absolute atomic E-state index is 0.0485. The van der Waals surface area contributed by atoms with Gasteiger partial charge in [0.05, 0.1) is 6.42 Å². The number of fused-ring (bicyclic) bond motifs is 5. The van der Waals surface area contributed by atoms with E-state index < -0.39 is 5.97 Å². The fraction of sp³-hybridized carbons (Fsp3) is 0.538. The SMILES string of the molecule is C[C@]12CC[C@H](OC(=O)CCSSCCC(=O)N(CC(=O)O)Cc3ccccc3)CC1=CCC1[C@@H]2CC[C@]2(C)C(c3cccnc3)=CC[C@@H]12.